The van der Waals surface area contributed by atoms with Crippen molar-refractivity contribution in [2.45, 2.75) is 0 Å². The number of primary amides is 1. The molecule has 0 aliphatic carbocycles. The highest BCUT2D eigenvalue weighted by atomic mass is 32.1. The quantitative estimate of drug-likeness (QED) is 0.717. The van der Waals surface area contributed by atoms with E-state index in [0.717, 1.165) is 4.70 Å². The molecule has 3 nitrogen and oxygen atoms in total. The number of amides is 1. The van der Waals surface area contributed by atoms with Crippen molar-refractivity contribution in [3.05, 3.63) is 29.3 Å². The molecular formula is C8H6N2OS. The highest BCUT2D eigenvalue weighted by molar-refractivity contribution is 7.16. The van der Waals surface area contributed by atoms with Gasteiger partial charge in [-0.3, -0.25) is 4.79 Å². The van der Waals surface area contributed by atoms with E-state index in [4.69, 9.17) is 5.73 Å². The van der Waals surface area contributed by atoms with Crippen molar-refractivity contribution in [3.8, 4) is 0 Å². The Balaban J connectivity index is 2.82. The number of aromatic nitrogens is 1. The summed E-state index contributed by atoms with van der Waals surface area (Å²) in [6.07, 6.45) is 0. The maximum absolute atomic E-state index is 10.9. The fourth-order valence-electron chi connectivity index (χ4n) is 1.09. The number of carbonyl (C=O) groups is 1. The second kappa shape index (κ2) is 2.57. The van der Waals surface area contributed by atoms with Crippen molar-refractivity contribution in [2.24, 2.45) is 5.73 Å². The molecule has 4 heteroatoms. The van der Waals surface area contributed by atoms with Crippen LogP contribution in [-0.4, -0.2) is 10.9 Å². The molecule has 2 rings (SSSR count). The number of rotatable bonds is 1. The number of carbonyl (C=O) groups excluding carboxylic acids is 1. The van der Waals surface area contributed by atoms with E-state index >= 15 is 0 Å². The molecule has 0 unspecified atom stereocenters. The minimum atomic E-state index is -0.425. The van der Waals surface area contributed by atoms with Crippen molar-refractivity contribution >= 4 is 27.5 Å². The lowest BCUT2D eigenvalue weighted by Gasteiger charge is -1.94. The molecular weight excluding hydrogens is 172 g/mol. The standard InChI is InChI=1S/C8H6N2OS/c9-8(11)5-2-1-3-6-7(5)10-4-12-6/h1-4H,(H2,9,11). The van der Waals surface area contributed by atoms with E-state index < -0.39 is 5.91 Å². The molecule has 60 valence electrons. The third-order valence-electron chi connectivity index (χ3n) is 1.63. The lowest BCUT2D eigenvalue weighted by molar-refractivity contribution is 0.100. The Hall–Kier alpha value is -1.42. The number of hydrogen-bond donors (Lipinski definition) is 1. The zero-order valence-electron chi connectivity index (χ0n) is 6.15. The number of benzene rings is 1. The third kappa shape index (κ3) is 0.967. The van der Waals surface area contributed by atoms with Crippen LogP contribution in [0.5, 0.6) is 0 Å². The molecule has 2 N–H and O–H groups in total. The Bertz CT molecular complexity index is 435. The van der Waals surface area contributed by atoms with Gasteiger partial charge in [0.1, 0.15) is 0 Å². The Morgan fingerprint density at radius 2 is 2.33 bits per heavy atom. The summed E-state index contributed by atoms with van der Waals surface area (Å²) >= 11 is 1.50. The average Bonchev–Trinajstić information content (AvgIpc) is 2.49. The van der Waals surface area contributed by atoms with Gasteiger partial charge in [-0.25, -0.2) is 4.98 Å². The van der Waals surface area contributed by atoms with Crippen LogP contribution in [0.25, 0.3) is 10.2 Å². The SMILES string of the molecule is NC(=O)c1cccc2scnc12. The van der Waals surface area contributed by atoms with E-state index in [1.165, 1.54) is 11.3 Å². The van der Waals surface area contributed by atoms with Gasteiger partial charge in [-0.2, -0.15) is 0 Å². The molecule has 1 amide bonds. The first-order valence-corrected chi connectivity index (χ1v) is 4.29. The van der Waals surface area contributed by atoms with Gasteiger partial charge in [0.2, 0.25) is 0 Å². The number of hydrogen-bond acceptors (Lipinski definition) is 3. The largest absolute Gasteiger partial charge is 0.366 e. The molecule has 0 aliphatic heterocycles. The number of para-hydroxylation sites is 1. The number of nitrogens with two attached hydrogens (primary N) is 1. The summed E-state index contributed by atoms with van der Waals surface area (Å²) in [7, 11) is 0. The molecule has 0 saturated heterocycles. The number of fused-ring (bicyclic) bond motifs is 1. The minimum absolute atomic E-state index is 0.425. The summed E-state index contributed by atoms with van der Waals surface area (Å²) in [6, 6.07) is 5.41. The van der Waals surface area contributed by atoms with Gasteiger partial charge < -0.3 is 5.73 Å². The normalized spacial score (nSPS) is 10.3. The Morgan fingerprint density at radius 1 is 1.50 bits per heavy atom. The second-order valence-electron chi connectivity index (χ2n) is 2.37. The molecule has 0 spiro atoms. The topological polar surface area (TPSA) is 56.0 Å². The lowest BCUT2D eigenvalue weighted by atomic mass is 10.2. The fraction of sp³-hybridized carbons (Fsp3) is 0. The first-order valence-electron chi connectivity index (χ1n) is 3.41. The second-order valence-corrected chi connectivity index (χ2v) is 3.26. The van der Waals surface area contributed by atoms with Crippen LogP contribution in [0.4, 0.5) is 0 Å². The van der Waals surface area contributed by atoms with Crippen molar-refractivity contribution in [1.29, 1.82) is 0 Å². The molecule has 12 heavy (non-hydrogen) atoms. The molecule has 0 aliphatic rings. The third-order valence-corrected chi connectivity index (χ3v) is 2.42. The fourth-order valence-corrected chi connectivity index (χ4v) is 1.79. The molecule has 0 bridgehead atoms. The summed E-state index contributed by atoms with van der Waals surface area (Å²) in [5.41, 5.74) is 8.07. The minimum Gasteiger partial charge on any atom is -0.366 e. The Morgan fingerprint density at radius 3 is 3.08 bits per heavy atom. The molecule has 2 aromatic rings. The maximum Gasteiger partial charge on any atom is 0.250 e. The molecule has 0 fully saturated rings. The summed E-state index contributed by atoms with van der Waals surface area (Å²) in [5, 5.41) is 0. The predicted octanol–water partition coefficient (Wildman–Crippen LogP) is 1.40. The van der Waals surface area contributed by atoms with E-state index in [1.807, 2.05) is 6.07 Å². The van der Waals surface area contributed by atoms with Crippen LogP contribution in [0.1, 0.15) is 10.4 Å². The van der Waals surface area contributed by atoms with Gasteiger partial charge in [-0.05, 0) is 12.1 Å². The van der Waals surface area contributed by atoms with E-state index in [0.29, 0.717) is 11.1 Å². The first kappa shape index (κ1) is 7.24. The van der Waals surface area contributed by atoms with Crippen LogP contribution in [0.15, 0.2) is 23.7 Å². The van der Waals surface area contributed by atoms with Crippen LogP contribution in [-0.2, 0) is 0 Å². The smallest absolute Gasteiger partial charge is 0.250 e. The average molecular weight is 178 g/mol. The van der Waals surface area contributed by atoms with Crippen LogP contribution >= 0.6 is 11.3 Å². The van der Waals surface area contributed by atoms with Crippen LogP contribution in [0.3, 0.4) is 0 Å². The van der Waals surface area contributed by atoms with Crippen LogP contribution < -0.4 is 5.73 Å². The Kier molecular flexibility index (Phi) is 1.55. The molecule has 1 heterocycles. The van der Waals surface area contributed by atoms with Crippen LogP contribution in [0.2, 0.25) is 0 Å². The zero-order chi connectivity index (χ0) is 8.55. The molecule has 1 aromatic heterocycles. The van der Waals surface area contributed by atoms with Crippen molar-refractivity contribution in [2.75, 3.05) is 0 Å². The lowest BCUT2D eigenvalue weighted by Crippen LogP contribution is -2.11. The summed E-state index contributed by atoms with van der Waals surface area (Å²) in [6.45, 7) is 0. The van der Waals surface area contributed by atoms with E-state index in [2.05, 4.69) is 4.98 Å². The first-order chi connectivity index (χ1) is 5.79. The monoisotopic (exact) mass is 178 g/mol. The van der Waals surface area contributed by atoms with E-state index in [9.17, 15) is 4.79 Å². The van der Waals surface area contributed by atoms with Gasteiger partial charge in [0.05, 0.1) is 21.3 Å². The van der Waals surface area contributed by atoms with Crippen molar-refractivity contribution in [3.63, 3.8) is 0 Å². The summed E-state index contributed by atoms with van der Waals surface area (Å²) in [5.74, 6) is -0.425. The molecule has 0 radical (unpaired) electrons. The molecule has 0 saturated carbocycles. The summed E-state index contributed by atoms with van der Waals surface area (Å²) < 4.78 is 0.992. The van der Waals surface area contributed by atoms with Gasteiger partial charge in [-0.1, -0.05) is 6.07 Å². The van der Waals surface area contributed by atoms with Gasteiger partial charge >= 0.3 is 0 Å². The van der Waals surface area contributed by atoms with E-state index in [1.54, 1.807) is 17.6 Å². The summed E-state index contributed by atoms with van der Waals surface area (Å²) in [4.78, 5) is 15.0. The zero-order valence-corrected chi connectivity index (χ0v) is 6.97. The van der Waals surface area contributed by atoms with Crippen molar-refractivity contribution < 1.29 is 4.79 Å². The van der Waals surface area contributed by atoms with Gasteiger partial charge in [0, 0.05) is 0 Å². The van der Waals surface area contributed by atoms with E-state index in [-0.39, 0.29) is 0 Å². The molecule has 1 aromatic carbocycles. The highest BCUT2D eigenvalue weighted by Crippen LogP contribution is 2.20. The predicted molar refractivity (Wildman–Crippen MR) is 48.1 cm³/mol. The highest BCUT2D eigenvalue weighted by Gasteiger charge is 2.06. The maximum atomic E-state index is 10.9. The van der Waals surface area contributed by atoms with Gasteiger partial charge in [-0.15, -0.1) is 11.3 Å². The molecule has 0 atom stereocenters. The number of nitrogens with zero attached hydrogens (tertiary/aromatic N) is 1. The van der Waals surface area contributed by atoms with Crippen LogP contribution in [0, 0.1) is 0 Å². The van der Waals surface area contributed by atoms with Gasteiger partial charge in [0.15, 0.2) is 0 Å². The van der Waals surface area contributed by atoms with Crippen molar-refractivity contribution in [1.82, 2.24) is 4.98 Å². The number of thiazole rings is 1. The van der Waals surface area contributed by atoms with Gasteiger partial charge in [0.25, 0.3) is 5.91 Å². The Labute approximate surface area is 72.8 Å².